The van der Waals surface area contributed by atoms with Crippen LogP contribution in [0.25, 0.3) is 0 Å². The van der Waals surface area contributed by atoms with Gasteiger partial charge in [0.25, 0.3) is 0 Å². The maximum absolute atomic E-state index is 13.9. The van der Waals surface area contributed by atoms with E-state index in [4.69, 9.17) is 21.1 Å². The molecule has 8 nitrogen and oxygen atoms in total. The Bertz CT molecular complexity index is 1340. The van der Waals surface area contributed by atoms with E-state index in [1.807, 2.05) is 0 Å². The number of esters is 1. The number of halogens is 2. The van der Waals surface area contributed by atoms with Crippen molar-refractivity contribution in [3.05, 3.63) is 70.8 Å². The third kappa shape index (κ3) is 5.19. The van der Waals surface area contributed by atoms with Crippen molar-refractivity contribution in [2.45, 2.75) is 43.7 Å². The molecule has 1 aliphatic rings. The Morgan fingerprint density at radius 1 is 1.26 bits per heavy atom. The van der Waals surface area contributed by atoms with Gasteiger partial charge in [0.2, 0.25) is 10.0 Å². The highest BCUT2D eigenvalue weighted by Gasteiger charge is 2.34. The number of hydrogen-bond donors (Lipinski definition) is 0. The standard InChI is InChI=1S/C24H25ClFN3O5S/c1-3-33-24(30)15-29-21-9-6-8-20(17(21)14-27-29)28(2)35(31,32)16-11-12-22(18(25)13-16)34-23-10-5-4-7-19(23)26/h4-5,7,10-14,20H,3,6,8-9,15H2,1-2H3/t20-/m1/s1. The summed E-state index contributed by atoms with van der Waals surface area (Å²) in [5.74, 6) is -0.833. The van der Waals surface area contributed by atoms with Crippen molar-refractivity contribution in [3.63, 3.8) is 0 Å². The van der Waals surface area contributed by atoms with Gasteiger partial charge in [0.1, 0.15) is 12.3 Å². The summed E-state index contributed by atoms with van der Waals surface area (Å²) in [6.45, 7) is 1.99. The summed E-state index contributed by atoms with van der Waals surface area (Å²) in [6, 6.07) is 9.48. The number of nitrogens with zero attached hydrogens (tertiary/aromatic N) is 3. The summed E-state index contributed by atoms with van der Waals surface area (Å²) < 4.78 is 54.2. The molecule has 1 atom stereocenters. The molecule has 0 fully saturated rings. The zero-order chi connectivity index (χ0) is 25.2. The van der Waals surface area contributed by atoms with Crippen LogP contribution in [-0.4, -0.2) is 42.1 Å². The molecule has 0 unspecified atom stereocenters. The number of aromatic nitrogens is 2. The van der Waals surface area contributed by atoms with Gasteiger partial charge in [0.15, 0.2) is 11.6 Å². The van der Waals surface area contributed by atoms with Crippen LogP contribution in [0, 0.1) is 5.82 Å². The molecule has 35 heavy (non-hydrogen) atoms. The quantitative estimate of drug-likeness (QED) is 0.398. The van der Waals surface area contributed by atoms with E-state index in [1.165, 1.54) is 47.8 Å². The SMILES string of the molecule is CCOC(=O)Cn1ncc2c1CCC[C@H]2N(C)S(=O)(=O)c1ccc(Oc2ccccc2F)c(Cl)c1. The molecule has 1 aliphatic carbocycles. The average Bonchev–Trinajstić information content (AvgIpc) is 3.24. The topological polar surface area (TPSA) is 90.7 Å². The number of para-hydroxylation sites is 1. The van der Waals surface area contributed by atoms with Crippen molar-refractivity contribution >= 4 is 27.6 Å². The van der Waals surface area contributed by atoms with Crippen LogP contribution >= 0.6 is 11.6 Å². The molecule has 0 N–H and O–H groups in total. The molecule has 186 valence electrons. The Kier molecular flexibility index (Phi) is 7.44. The number of benzene rings is 2. The van der Waals surface area contributed by atoms with Crippen molar-refractivity contribution < 1.29 is 27.1 Å². The molecule has 0 spiro atoms. The second-order valence-corrected chi connectivity index (χ2v) is 10.5. The van der Waals surface area contributed by atoms with Gasteiger partial charge in [0.05, 0.1) is 28.8 Å². The Labute approximate surface area is 208 Å². The van der Waals surface area contributed by atoms with Crippen LogP contribution in [0.5, 0.6) is 11.5 Å². The van der Waals surface area contributed by atoms with Gasteiger partial charge in [-0.05, 0) is 56.5 Å². The predicted molar refractivity (Wildman–Crippen MR) is 127 cm³/mol. The monoisotopic (exact) mass is 521 g/mol. The Morgan fingerprint density at radius 2 is 2.03 bits per heavy atom. The number of ether oxygens (including phenoxy) is 2. The van der Waals surface area contributed by atoms with E-state index in [-0.39, 0.29) is 34.6 Å². The molecule has 1 heterocycles. The predicted octanol–water partition coefficient (Wildman–Crippen LogP) is 4.73. The van der Waals surface area contributed by atoms with Crippen LogP contribution in [-0.2, 0) is 32.5 Å². The lowest BCUT2D eigenvalue weighted by Gasteiger charge is -2.31. The fraction of sp³-hybridized carbons (Fsp3) is 0.333. The van der Waals surface area contributed by atoms with Gasteiger partial charge in [0, 0.05) is 18.3 Å². The molecule has 0 radical (unpaired) electrons. The van der Waals surface area contributed by atoms with E-state index in [0.29, 0.717) is 12.8 Å². The summed E-state index contributed by atoms with van der Waals surface area (Å²) in [7, 11) is -2.42. The van der Waals surface area contributed by atoms with Gasteiger partial charge in [-0.25, -0.2) is 12.8 Å². The van der Waals surface area contributed by atoms with Crippen LogP contribution in [0.2, 0.25) is 5.02 Å². The van der Waals surface area contributed by atoms with Gasteiger partial charge < -0.3 is 9.47 Å². The molecule has 0 amide bonds. The third-order valence-electron chi connectivity index (χ3n) is 5.89. The number of sulfonamides is 1. The van der Waals surface area contributed by atoms with E-state index in [2.05, 4.69) is 5.10 Å². The van der Waals surface area contributed by atoms with Crippen molar-refractivity contribution in [1.82, 2.24) is 14.1 Å². The lowest BCUT2D eigenvalue weighted by Crippen LogP contribution is -2.33. The van der Waals surface area contributed by atoms with Crippen LogP contribution in [0.15, 0.2) is 53.6 Å². The zero-order valence-corrected chi connectivity index (χ0v) is 20.9. The molecule has 4 rings (SSSR count). The van der Waals surface area contributed by atoms with Crippen molar-refractivity contribution in [2.75, 3.05) is 13.7 Å². The van der Waals surface area contributed by atoms with Gasteiger partial charge in [-0.2, -0.15) is 9.40 Å². The van der Waals surface area contributed by atoms with E-state index < -0.39 is 27.9 Å². The maximum Gasteiger partial charge on any atom is 0.327 e. The largest absolute Gasteiger partial charge is 0.465 e. The summed E-state index contributed by atoms with van der Waals surface area (Å²) >= 11 is 6.30. The average molecular weight is 522 g/mol. The lowest BCUT2D eigenvalue weighted by molar-refractivity contribution is -0.144. The number of carbonyl (C=O) groups excluding carboxylic acids is 1. The summed E-state index contributed by atoms with van der Waals surface area (Å²) in [4.78, 5) is 11.9. The third-order valence-corrected chi connectivity index (χ3v) is 8.05. The lowest BCUT2D eigenvalue weighted by atomic mass is 9.93. The minimum Gasteiger partial charge on any atom is -0.465 e. The summed E-state index contributed by atoms with van der Waals surface area (Å²) in [6.07, 6.45) is 3.65. The number of rotatable bonds is 8. The minimum absolute atomic E-state index is 0.0167. The van der Waals surface area contributed by atoms with Crippen LogP contribution < -0.4 is 4.74 Å². The number of hydrogen-bond acceptors (Lipinski definition) is 6. The maximum atomic E-state index is 13.9. The first-order valence-corrected chi connectivity index (χ1v) is 12.9. The summed E-state index contributed by atoms with van der Waals surface area (Å²) in [5, 5.41) is 4.34. The van der Waals surface area contributed by atoms with Crippen LogP contribution in [0.1, 0.15) is 37.1 Å². The second-order valence-electron chi connectivity index (χ2n) is 8.06. The van der Waals surface area contributed by atoms with E-state index in [0.717, 1.165) is 17.7 Å². The minimum atomic E-state index is -3.93. The molecule has 11 heteroatoms. The van der Waals surface area contributed by atoms with E-state index in [1.54, 1.807) is 23.9 Å². The first-order chi connectivity index (χ1) is 16.7. The molecular weight excluding hydrogens is 497 g/mol. The van der Waals surface area contributed by atoms with E-state index >= 15 is 0 Å². The van der Waals surface area contributed by atoms with Gasteiger partial charge in [-0.1, -0.05) is 23.7 Å². The smallest absolute Gasteiger partial charge is 0.327 e. The molecule has 0 bridgehead atoms. The van der Waals surface area contributed by atoms with Crippen molar-refractivity contribution in [3.8, 4) is 11.5 Å². The van der Waals surface area contributed by atoms with Crippen molar-refractivity contribution in [2.24, 2.45) is 0 Å². The molecule has 0 saturated carbocycles. The highest BCUT2D eigenvalue weighted by molar-refractivity contribution is 7.89. The second kappa shape index (κ2) is 10.3. The van der Waals surface area contributed by atoms with Crippen LogP contribution in [0.4, 0.5) is 4.39 Å². The fourth-order valence-electron chi connectivity index (χ4n) is 4.14. The summed E-state index contributed by atoms with van der Waals surface area (Å²) in [5.41, 5.74) is 1.58. The van der Waals surface area contributed by atoms with E-state index in [9.17, 15) is 17.6 Å². The fourth-order valence-corrected chi connectivity index (χ4v) is 5.82. The Balaban J connectivity index is 1.57. The highest BCUT2D eigenvalue weighted by atomic mass is 35.5. The van der Waals surface area contributed by atoms with Crippen molar-refractivity contribution in [1.29, 1.82) is 0 Å². The zero-order valence-electron chi connectivity index (χ0n) is 19.3. The molecular formula is C24H25ClFN3O5S. The van der Waals surface area contributed by atoms with Gasteiger partial charge >= 0.3 is 5.97 Å². The number of carbonyl (C=O) groups is 1. The number of fused-ring (bicyclic) bond motifs is 1. The highest BCUT2D eigenvalue weighted by Crippen LogP contribution is 2.38. The van der Waals surface area contributed by atoms with Crippen LogP contribution in [0.3, 0.4) is 0 Å². The molecule has 0 aliphatic heterocycles. The Morgan fingerprint density at radius 3 is 2.74 bits per heavy atom. The molecule has 1 aromatic heterocycles. The molecule has 0 saturated heterocycles. The molecule has 2 aromatic carbocycles. The molecule has 3 aromatic rings. The van der Waals surface area contributed by atoms with Gasteiger partial charge in [-0.15, -0.1) is 0 Å². The first-order valence-electron chi connectivity index (χ1n) is 11.1. The van der Waals surface area contributed by atoms with Gasteiger partial charge in [-0.3, -0.25) is 9.48 Å². The Hall–Kier alpha value is -2.95. The normalized spacial score (nSPS) is 15.6. The first kappa shape index (κ1) is 25.2.